The fourth-order valence-corrected chi connectivity index (χ4v) is 4.40. The lowest BCUT2D eigenvalue weighted by Crippen LogP contribution is -2.43. The highest BCUT2D eigenvalue weighted by Gasteiger charge is 2.29. The first-order valence-electron chi connectivity index (χ1n) is 9.90. The normalized spacial score (nSPS) is 26.1. The summed E-state index contributed by atoms with van der Waals surface area (Å²) in [6.45, 7) is 3.39. The van der Waals surface area contributed by atoms with Gasteiger partial charge in [0.1, 0.15) is 11.9 Å². The summed E-state index contributed by atoms with van der Waals surface area (Å²) in [5.74, 6) is 1.45. The first-order valence-corrected chi connectivity index (χ1v) is 9.90. The molecular formula is C21H28N2O3. The van der Waals surface area contributed by atoms with E-state index >= 15 is 0 Å². The van der Waals surface area contributed by atoms with Gasteiger partial charge in [0.25, 0.3) is 0 Å². The van der Waals surface area contributed by atoms with E-state index in [1.807, 2.05) is 13.0 Å². The molecule has 1 aliphatic carbocycles. The molecule has 0 radical (unpaired) electrons. The molecule has 2 aliphatic rings. The Balaban J connectivity index is 1.47. The van der Waals surface area contributed by atoms with E-state index in [2.05, 4.69) is 28.6 Å². The van der Waals surface area contributed by atoms with Gasteiger partial charge in [-0.05, 0) is 68.7 Å². The van der Waals surface area contributed by atoms with E-state index in [0.29, 0.717) is 19.1 Å². The van der Waals surface area contributed by atoms with Gasteiger partial charge in [0, 0.05) is 29.7 Å². The number of fused-ring (bicyclic) bond motifs is 1. The van der Waals surface area contributed by atoms with E-state index < -0.39 is 0 Å². The number of aromatic amines is 1. The first-order chi connectivity index (χ1) is 12.7. The van der Waals surface area contributed by atoms with Gasteiger partial charge in [-0.15, -0.1) is 0 Å². The van der Waals surface area contributed by atoms with Crippen LogP contribution in [0.15, 0.2) is 24.4 Å². The molecule has 0 bridgehead atoms. The molecule has 2 heterocycles. The maximum atomic E-state index is 12.4. The van der Waals surface area contributed by atoms with Gasteiger partial charge < -0.3 is 19.8 Å². The SMILES string of the molecule is CCOc1ccc2[nH]cc([C@@H]3CCCC(NC(=O)[C@@H]4CCCO4)C3)c2c1. The molecule has 1 amide bonds. The number of H-pyrrole nitrogens is 1. The minimum atomic E-state index is -0.239. The van der Waals surface area contributed by atoms with E-state index in [1.165, 1.54) is 10.9 Å². The van der Waals surface area contributed by atoms with Crippen molar-refractivity contribution in [3.8, 4) is 5.75 Å². The average Bonchev–Trinajstić information content (AvgIpc) is 3.32. The van der Waals surface area contributed by atoms with Crippen LogP contribution < -0.4 is 10.1 Å². The summed E-state index contributed by atoms with van der Waals surface area (Å²) in [6, 6.07) is 6.48. The van der Waals surface area contributed by atoms with E-state index in [0.717, 1.165) is 49.8 Å². The molecule has 5 heteroatoms. The van der Waals surface area contributed by atoms with Gasteiger partial charge in [0.05, 0.1) is 6.61 Å². The summed E-state index contributed by atoms with van der Waals surface area (Å²) >= 11 is 0. The summed E-state index contributed by atoms with van der Waals surface area (Å²) in [5.41, 5.74) is 2.49. The third-order valence-corrected chi connectivity index (χ3v) is 5.68. The molecule has 1 aliphatic heterocycles. The number of hydrogen-bond donors (Lipinski definition) is 2. The van der Waals surface area contributed by atoms with Crippen molar-refractivity contribution in [1.29, 1.82) is 0 Å². The smallest absolute Gasteiger partial charge is 0.249 e. The van der Waals surface area contributed by atoms with Crippen LogP contribution in [0.4, 0.5) is 0 Å². The van der Waals surface area contributed by atoms with Crippen LogP contribution in [0.2, 0.25) is 0 Å². The van der Waals surface area contributed by atoms with Gasteiger partial charge in [-0.3, -0.25) is 4.79 Å². The molecule has 5 nitrogen and oxygen atoms in total. The minimum absolute atomic E-state index is 0.0747. The number of hydrogen-bond acceptors (Lipinski definition) is 3. The Morgan fingerprint density at radius 2 is 2.23 bits per heavy atom. The zero-order valence-electron chi connectivity index (χ0n) is 15.4. The highest BCUT2D eigenvalue weighted by molar-refractivity contribution is 5.85. The third kappa shape index (κ3) is 3.58. The molecule has 2 aromatic rings. The molecule has 1 unspecified atom stereocenters. The number of carbonyl (C=O) groups is 1. The predicted molar refractivity (Wildman–Crippen MR) is 102 cm³/mol. The zero-order chi connectivity index (χ0) is 17.9. The van der Waals surface area contributed by atoms with Gasteiger partial charge in [-0.1, -0.05) is 6.42 Å². The predicted octanol–water partition coefficient (Wildman–Crippen LogP) is 3.89. The van der Waals surface area contributed by atoms with Crippen LogP contribution in [0.5, 0.6) is 5.75 Å². The molecule has 1 saturated heterocycles. The second-order valence-corrected chi connectivity index (χ2v) is 7.46. The van der Waals surface area contributed by atoms with Crippen LogP contribution in [0, 0.1) is 0 Å². The number of benzene rings is 1. The van der Waals surface area contributed by atoms with E-state index in [1.54, 1.807) is 0 Å². The molecule has 26 heavy (non-hydrogen) atoms. The second kappa shape index (κ2) is 7.70. The lowest BCUT2D eigenvalue weighted by molar-refractivity contribution is -0.131. The number of aromatic nitrogens is 1. The Kier molecular flexibility index (Phi) is 5.16. The number of rotatable bonds is 5. The molecule has 1 aromatic carbocycles. The van der Waals surface area contributed by atoms with Gasteiger partial charge in [0.15, 0.2) is 0 Å². The molecule has 1 saturated carbocycles. The van der Waals surface area contributed by atoms with Crippen molar-refractivity contribution in [2.45, 2.75) is 63.5 Å². The van der Waals surface area contributed by atoms with Crippen LogP contribution in [-0.2, 0) is 9.53 Å². The van der Waals surface area contributed by atoms with Crippen molar-refractivity contribution < 1.29 is 14.3 Å². The third-order valence-electron chi connectivity index (χ3n) is 5.68. The Bertz CT molecular complexity index is 764. The van der Waals surface area contributed by atoms with Gasteiger partial charge >= 0.3 is 0 Å². The number of carbonyl (C=O) groups excluding carboxylic acids is 1. The molecule has 2 N–H and O–H groups in total. The average molecular weight is 356 g/mol. The first kappa shape index (κ1) is 17.4. The van der Waals surface area contributed by atoms with Gasteiger partial charge in [-0.25, -0.2) is 0 Å². The molecule has 3 atom stereocenters. The summed E-state index contributed by atoms with van der Waals surface area (Å²) in [5, 5.41) is 4.48. The minimum Gasteiger partial charge on any atom is -0.494 e. The molecule has 0 spiro atoms. The standard InChI is InChI=1S/C21H28N2O3/c1-2-25-16-8-9-19-17(12-16)18(13-22-19)14-5-3-6-15(11-14)23-21(24)20-7-4-10-26-20/h8-9,12-15,20,22H,2-7,10-11H2,1H3,(H,23,24)/t14-,15?,20+/m1/s1. The molecule has 2 fully saturated rings. The highest BCUT2D eigenvalue weighted by Crippen LogP contribution is 2.37. The van der Waals surface area contributed by atoms with Gasteiger partial charge in [-0.2, -0.15) is 0 Å². The monoisotopic (exact) mass is 356 g/mol. The van der Waals surface area contributed by atoms with Crippen LogP contribution in [-0.4, -0.2) is 36.3 Å². The molecule has 1 aromatic heterocycles. The maximum absolute atomic E-state index is 12.4. The Hall–Kier alpha value is -2.01. The van der Waals surface area contributed by atoms with Crippen molar-refractivity contribution in [2.24, 2.45) is 0 Å². The van der Waals surface area contributed by atoms with E-state index in [-0.39, 0.29) is 18.1 Å². The number of amides is 1. The summed E-state index contributed by atoms with van der Waals surface area (Å²) in [7, 11) is 0. The second-order valence-electron chi connectivity index (χ2n) is 7.46. The lowest BCUT2D eigenvalue weighted by Gasteiger charge is -2.30. The quantitative estimate of drug-likeness (QED) is 0.854. The molecule has 4 rings (SSSR count). The largest absolute Gasteiger partial charge is 0.494 e. The topological polar surface area (TPSA) is 63.3 Å². The molecule has 140 valence electrons. The highest BCUT2D eigenvalue weighted by atomic mass is 16.5. The Morgan fingerprint density at radius 3 is 3.04 bits per heavy atom. The molecular weight excluding hydrogens is 328 g/mol. The number of nitrogens with one attached hydrogen (secondary N) is 2. The lowest BCUT2D eigenvalue weighted by atomic mass is 9.81. The van der Waals surface area contributed by atoms with E-state index in [9.17, 15) is 4.79 Å². The van der Waals surface area contributed by atoms with Crippen molar-refractivity contribution in [2.75, 3.05) is 13.2 Å². The summed E-state index contributed by atoms with van der Waals surface area (Å²) < 4.78 is 11.2. The van der Waals surface area contributed by atoms with Crippen molar-refractivity contribution in [3.05, 3.63) is 30.0 Å². The number of ether oxygens (including phenoxy) is 2. The maximum Gasteiger partial charge on any atom is 0.249 e. The van der Waals surface area contributed by atoms with E-state index in [4.69, 9.17) is 9.47 Å². The summed E-state index contributed by atoms with van der Waals surface area (Å²) in [6.07, 6.45) is 8.09. The van der Waals surface area contributed by atoms with Crippen LogP contribution in [0.1, 0.15) is 56.9 Å². The Morgan fingerprint density at radius 1 is 1.31 bits per heavy atom. The fraction of sp³-hybridized carbons (Fsp3) is 0.571. The van der Waals surface area contributed by atoms with Crippen molar-refractivity contribution in [3.63, 3.8) is 0 Å². The summed E-state index contributed by atoms with van der Waals surface area (Å²) in [4.78, 5) is 15.8. The fourth-order valence-electron chi connectivity index (χ4n) is 4.40. The van der Waals surface area contributed by atoms with Gasteiger partial charge in [0.2, 0.25) is 5.91 Å². The van der Waals surface area contributed by atoms with Crippen molar-refractivity contribution >= 4 is 16.8 Å². The van der Waals surface area contributed by atoms with Crippen LogP contribution >= 0.6 is 0 Å². The Labute approximate surface area is 154 Å². The van der Waals surface area contributed by atoms with Crippen LogP contribution in [0.3, 0.4) is 0 Å². The van der Waals surface area contributed by atoms with Crippen molar-refractivity contribution in [1.82, 2.24) is 10.3 Å². The van der Waals surface area contributed by atoms with Crippen LogP contribution in [0.25, 0.3) is 10.9 Å². The zero-order valence-corrected chi connectivity index (χ0v) is 15.4.